The molecule has 0 atom stereocenters. The van der Waals surface area contributed by atoms with Crippen molar-refractivity contribution in [3.63, 3.8) is 0 Å². The van der Waals surface area contributed by atoms with E-state index in [0.717, 1.165) is 4.90 Å². The molecule has 0 saturated heterocycles. The van der Waals surface area contributed by atoms with E-state index in [4.69, 9.17) is 9.15 Å². The van der Waals surface area contributed by atoms with Gasteiger partial charge in [-0.2, -0.15) is 0 Å². The molecule has 0 aliphatic heterocycles. The summed E-state index contributed by atoms with van der Waals surface area (Å²) in [5.41, 5.74) is 0.322. The van der Waals surface area contributed by atoms with E-state index in [1.807, 2.05) is 12.1 Å². The molecule has 4 rings (SSSR count). The smallest absolute Gasteiger partial charge is 0.361 e. The lowest BCUT2D eigenvalue weighted by molar-refractivity contribution is 0.414. The van der Waals surface area contributed by atoms with Crippen LogP contribution in [0.2, 0.25) is 0 Å². The van der Waals surface area contributed by atoms with Crippen molar-refractivity contribution >= 4 is 34.1 Å². The highest BCUT2D eigenvalue weighted by atomic mass is 32.2. The van der Waals surface area contributed by atoms with Crippen LogP contribution >= 0.6 is 11.8 Å². The summed E-state index contributed by atoms with van der Waals surface area (Å²) >= 11 is 1.29. The first-order valence-corrected chi connectivity index (χ1v) is 9.46. The summed E-state index contributed by atoms with van der Waals surface area (Å²) in [4.78, 5) is 14.0. The Labute approximate surface area is 169 Å². The Morgan fingerprint density at radius 1 is 0.931 bits per heavy atom. The zero-order valence-corrected chi connectivity index (χ0v) is 16.1. The van der Waals surface area contributed by atoms with Crippen LogP contribution in [0.4, 0.5) is 20.2 Å². The molecule has 4 nitrogen and oxygen atoms in total. The third-order valence-corrected chi connectivity index (χ3v) is 5.35. The fraction of sp³-hybridized carbons (Fsp3) is 0.0455. The predicted octanol–water partition coefficient (Wildman–Crippen LogP) is 5.97. The van der Waals surface area contributed by atoms with Crippen molar-refractivity contribution in [3.05, 3.63) is 88.8 Å². The fourth-order valence-corrected chi connectivity index (χ4v) is 3.81. The maximum absolute atomic E-state index is 14.0. The molecule has 4 aromatic rings. The largest absolute Gasteiger partial charge is 0.497 e. The van der Waals surface area contributed by atoms with E-state index >= 15 is 0 Å². The summed E-state index contributed by atoms with van der Waals surface area (Å²) in [6.07, 6.45) is 0. The van der Waals surface area contributed by atoms with Gasteiger partial charge in [0.05, 0.1) is 12.0 Å². The molecule has 1 aromatic heterocycles. The molecule has 1 heterocycles. The molecule has 0 aliphatic carbocycles. The highest BCUT2D eigenvalue weighted by Gasteiger charge is 2.17. The van der Waals surface area contributed by atoms with E-state index < -0.39 is 17.3 Å². The normalized spacial score (nSPS) is 10.9. The monoisotopic (exact) mass is 411 g/mol. The SMILES string of the molecule is COc1ccc(Sc2c(Nc3ccc(F)cc3)c(=O)oc3ccc(F)cc23)cc1. The topological polar surface area (TPSA) is 51.5 Å². The molecule has 0 saturated carbocycles. The first kappa shape index (κ1) is 19.0. The number of ether oxygens (including phenoxy) is 1. The van der Waals surface area contributed by atoms with Crippen molar-refractivity contribution in [2.75, 3.05) is 12.4 Å². The number of benzene rings is 3. The Bertz CT molecular complexity index is 1220. The second-order valence-corrected chi connectivity index (χ2v) is 7.23. The number of fused-ring (bicyclic) bond motifs is 1. The Morgan fingerprint density at radius 3 is 2.31 bits per heavy atom. The van der Waals surface area contributed by atoms with Crippen molar-refractivity contribution in [3.8, 4) is 5.75 Å². The zero-order valence-electron chi connectivity index (χ0n) is 15.2. The molecule has 7 heteroatoms. The maximum atomic E-state index is 14.0. The van der Waals surface area contributed by atoms with Crippen molar-refractivity contribution in [1.82, 2.24) is 0 Å². The molecule has 3 aromatic carbocycles. The summed E-state index contributed by atoms with van der Waals surface area (Å²) < 4.78 is 37.7. The minimum absolute atomic E-state index is 0.149. The molecule has 1 N–H and O–H groups in total. The van der Waals surface area contributed by atoms with E-state index in [1.54, 1.807) is 19.2 Å². The van der Waals surface area contributed by atoms with Crippen LogP contribution in [0.1, 0.15) is 0 Å². The van der Waals surface area contributed by atoms with Crippen LogP contribution in [-0.4, -0.2) is 7.11 Å². The average Bonchev–Trinajstić information content (AvgIpc) is 2.73. The van der Waals surface area contributed by atoms with Crippen molar-refractivity contribution in [2.45, 2.75) is 9.79 Å². The minimum Gasteiger partial charge on any atom is -0.497 e. The quantitative estimate of drug-likeness (QED) is 0.410. The van der Waals surface area contributed by atoms with Gasteiger partial charge in [-0.3, -0.25) is 0 Å². The van der Waals surface area contributed by atoms with Crippen LogP contribution in [0.15, 0.2) is 85.7 Å². The minimum atomic E-state index is -0.607. The van der Waals surface area contributed by atoms with Gasteiger partial charge in [-0.25, -0.2) is 13.6 Å². The van der Waals surface area contributed by atoms with Crippen LogP contribution in [0.5, 0.6) is 5.75 Å². The number of hydrogen-bond acceptors (Lipinski definition) is 5. The number of methoxy groups -OCH3 is 1. The van der Waals surface area contributed by atoms with E-state index in [2.05, 4.69) is 5.32 Å². The second-order valence-electron chi connectivity index (χ2n) is 6.14. The van der Waals surface area contributed by atoms with Crippen LogP contribution in [0, 0.1) is 11.6 Å². The van der Waals surface area contributed by atoms with Gasteiger partial charge in [0.1, 0.15) is 28.7 Å². The molecule has 0 radical (unpaired) electrons. The average molecular weight is 411 g/mol. The molecule has 146 valence electrons. The molecule has 0 spiro atoms. The first-order valence-electron chi connectivity index (χ1n) is 8.64. The Balaban J connectivity index is 1.85. The summed E-state index contributed by atoms with van der Waals surface area (Å²) in [7, 11) is 1.57. The Kier molecular flexibility index (Phi) is 5.22. The van der Waals surface area contributed by atoms with E-state index in [1.165, 1.54) is 54.2 Å². The maximum Gasteiger partial charge on any atom is 0.361 e. The molecular formula is C22H15F2NO3S. The predicted molar refractivity (Wildman–Crippen MR) is 109 cm³/mol. The molecule has 0 unspecified atom stereocenters. The lowest BCUT2D eigenvalue weighted by Crippen LogP contribution is -2.09. The van der Waals surface area contributed by atoms with Gasteiger partial charge in [0, 0.05) is 16.0 Å². The zero-order chi connectivity index (χ0) is 20.4. The fourth-order valence-electron chi connectivity index (χ4n) is 2.80. The van der Waals surface area contributed by atoms with E-state index in [-0.39, 0.29) is 11.3 Å². The highest BCUT2D eigenvalue weighted by Crippen LogP contribution is 2.39. The molecule has 0 bridgehead atoms. The summed E-state index contributed by atoms with van der Waals surface area (Å²) in [5.74, 6) is -0.144. The molecular weight excluding hydrogens is 396 g/mol. The molecule has 0 amide bonds. The van der Waals surface area contributed by atoms with E-state index in [0.29, 0.717) is 21.7 Å². The number of hydrogen-bond donors (Lipinski definition) is 1. The van der Waals surface area contributed by atoms with Gasteiger partial charge in [0.2, 0.25) is 0 Å². The van der Waals surface area contributed by atoms with Gasteiger partial charge in [-0.15, -0.1) is 0 Å². The molecule has 0 aliphatic rings. The number of nitrogens with one attached hydrogen (secondary N) is 1. The van der Waals surface area contributed by atoms with Crippen LogP contribution in [0.25, 0.3) is 11.0 Å². The second kappa shape index (κ2) is 7.97. The summed E-state index contributed by atoms with van der Waals surface area (Å²) in [6, 6.07) is 16.8. The van der Waals surface area contributed by atoms with Crippen molar-refractivity contribution in [1.29, 1.82) is 0 Å². The van der Waals surface area contributed by atoms with Crippen LogP contribution in [-0.2, 0) is 0 Å². The van der Waals surface area contributed by atoms with Gasteiger partial charge >= 0.3 is 5.63 Å². The Morgan fingerprint density at radius 2 is 1.62 bits per heavy atom. The third kappa shape index (κ3) is 4.09. The standard InChI is InChI=1S/C22H15F2NO3S/c1-27-16-7-9-17(10-8-16)29-21-18-12-14(24)4-11-19(18)28-22(26)20(21)25-15-5-2-13(23)3-6-15/h2-12,25H,1H3. The third-order valence-electron chi connectivity index (χ3n) is 4.21. The number of anilines is 2. The van der Waals surface area contributed by atoms with E-state index in [9.17, 15) is 13.6 Å². The summed E-state index contributed by atoms with van der Waals surface area (Å²) in [6.45, 7) is 0. The van der Waals surface area contributed by atoms with Crippen LogP contribution in [0.3, 0.4) is 0 Å². The lowest BCUT2D eigenvalue weighted by Gasteiger charge is -2.13. The molecule has 29 heavy (non-hydrogen) atoms. The first-order chi connectivity index (χ1) is 14.0. The number of rotatable bonds is 5. The van der Waals surface area contributed by atoms with Gasteiger partial charge < -0.3 is 14.5 Å². The molecule has 0 fully saturated rings. The van der Waals surface area contributed by atoms with Gasteiger partial charge in [-0.05, 0) is 66.7 Å². The van der Waals surface area contributed by atoms with Gasteiger partial charge in [-0.1, -0.05) is 11.8 Å². The number of halogens is 2. The highest BCUT2D eigenvalue weighted by molar-refractivity contribution is 7.99. The summed E-state index contributed by atoms with van der Waals surface area (Å²) in [5, 5.41) is 3.44. The van der Waals surface area contributed by atoms with Gasteiger partial charge in [0.15, 0.2) is 0 Å². The lowest BCUT2D eigenvalue weighted by atomic mass is 10.2. The van der Waals surface area contributed by atoms with Crippen molar-refractivity contribution in [2.24, 2.45) is 0 Å². The van der Waals surface area contributed by atoms with Gasteiger partial charge in [0.25, 0.3) is 0 Å². The van der Waals surface area contributed by atoms with Crippen molar-refractivity contribution < 1.29 is 17.9 Å². The van der Waals surface area contributed by atoms with Crippen LogP contribution < -0.4 is 15.7 Å². The Hall–Kier alpha value is -3.32.